The van der Waals surface area contributed by atoms with E-state index in [4.69, 9.17) is 0 Å². The molecule has 0 aromatic heterocycles. The van der Waals surface area contributed by atoms with Crippen molar-refractivity contribution in [2.75, 3.05) is 0 Å². The van der Waals surface area contributed by atoms with E-state index in [-0.39, 0.29) is 39.8 Å². The Labute approximate surface area is 91.8 Å². The van der Waals surface area contributed by atoms with Gasteiger partial charge >= 0.3 is 0 Å². The van der Waals surface area contributed by atoms with Crippen LogP contribution in [0.2, 0.25) is 0 Å². The highest BCUT2D eigenvalue weighted by atomic mass is 16.3. The summed E-state index contributed by atoms with van der Waals surface area (Å²) in [6.45, 7) is 2.68. The van der Waals surface area contributed by atoms with Gasteiger partial charge in [0.2, 0.25) is 0 Å². The molecular weight excluding hydrogens is 208 g/mol. The second kappa shape index (κ2) is 3.20. The molecule has 0 unspecified atom stereocenters. The summed E-state index contributed by atoms with van der Waals surface area (Å²) in [6.07, 6.45) is 0. The third-order valence-electron chi connectivity index (χ3n) is 2.65. The number of carbonyl (C=O) groups excluding carboxylic acids is 2. The van der Waals surface area contributed by atoms with Gasteiger partial charge in [-0.1, -0.05) is 0 Å². The number of carbonyl (C=O) groups is 2. The van der Waals surface area contributed by atoms with E-state index < -0.39 is 0 Å². The Morgan fingerprint density at radius 2 is 1.62 bits per heavy atom. The van der Waals surface area contributed by atoms with E-state index in [0.29, 0.717) is 5.56 Å². The molecule has 0 aliphatic heterocycles. The number of benzene rings is 1. The Balaban J connectivity index is 2.75. The quantitative estimate of drug-likeness (QED) is 0.747. The molecule has 1 aliphatic rings. The molecule has 1 aromatic rings. The Morgan fingerprint density at radius 3 is 2.12 bits per heavy atom. The van der Waals surface area contributed by atoms with E-state index in [1.54, 1.807) is 0 Å². The van der Waals surface area contributed by atoms with E-state index in [2.05, 4.69) is 0 Å². The fourth-order valence-electron chi connectivity index (χ4n) is 1.89. The lowest BCUT2D eigenvalue weighted by atomic mass is 9.83. The fourth-order valence-corrected chi connectivity index (χ4v) is 1.89. The summed E-state index contributed by atoms with van der Waals surface area (Å²) >= 11 is 0. The molecule has 0 fully saturated rings. The van der Waals surface area contributed by atoms with Crippen LogP contribution < -0.4 is 0 Å². The largest absolute Gasteiger partial charge is 0.504 e. The SMILES string of the molecule is CC(=O)c1ccc2c(c1C(C)=O)C(O)=C2O. The van der Waals surface area contributed by atoms with Gasteiger partial charge < -0.3 is 10.2 Å². The lowest BCUT2D eigenvalue weighted by Crippen LogP contribution is -2.16. The van der Waals surface area contributed by atoms with Crippen LogP contribution in [0, 0.1) is 0 Å². The average molecular weight is 218 g/mol. The molecule has 82 valence electrons. The molecule has 1 aliphatic carbocycles. The van der Waals surface area contributed by atoms with Gasteiger partial charge in [0, 0.05) is 22.3 Å². The predicted molar refractivity (Wildman–Crippen MR) is 58.5 cm³/mol. The topological polar surface area (TPSA) is 74.6 Å². The Kier molecular flexibility index (Phi) is 2.08. The molecule has 0 heterocycles. The third-order valence-corrected chi connectivity index (χ3v) is 2.65. The number of hydrogen-bond donors (Lipinski definition) is 2. The molecule has 0 atom stereocenters. The van der Waals surface area contributed by atoms with E-state index >= 15 is 0 Å². The van der Waals surface area contributed by atoms with Crippen LogP contribution in [-0.4, -0.2) is 21.8 Å². The van der Waals surface area contributed by atoms with Gasteiger partial charge in [0.25, 0.3) is 0 Å². The second-order valence-electron chi connectivity index (χ2n) is 3.72. The van der Waals surface area contributed by atoms with Crippen molar-refractivity contribution in [1.82, 2.24) is 0 Å². The highest BCUT2D eigenvalue weighted by molar-refractivity contribution is 6.14. The summed E-state index contributed by atoms with van der Waals surface area (Å²) in [5.74, 6) is -1.09. The summed E-state index contributed by atoms with van der Waals surface area (Å²) in [7, 11) is 0. The van der Waals surface area contributed by atoms with Gasteiger partial charge in [-0.2, -0.15) is 0 Å². The Hall–Kier alpha value is -2.10. The van der Waals surface area contributed by atoms with Gasteiger partial charge in [0.15, 0.2) is 23.1 Å². The second-order valence-corrected chi connectivity index (χ2v) is 3.72. The zero-order valence-corrected chi connectivity index (χ0v) is 8.87. The minimum absolute atomic E-state index is 0.181. The maximum atomic E-state index is 11.5. The fraction of sp³-hybridized carbons (Fsp3) is 0.167. The van der Waals surface area contributed by atoms with Crippen molar-refractivity contribution in [3.05, 3.63) is 34.4 Å². The molecule has 0 saturated carbocycles. The molecule has 0 spiro atoms. The Bertz CT molecular complexity index is 552. The molecule has 0 saturated heterocycles. The first kappa shape index (κ1) is 10.4. The molecule has 4 heteroatoms. The maximum Gasteiger partial charge on any atom is 0.167 e. The van der Waals surface area contributed by atoms with Crippen molar-refractivity contribution in [1.29, 1.82) is 0 Å². The molecule has 2 rings (SSSR count). The smallest absolute Gasteiger partial charge is 0.167 e. The van der Waals surface area contributed by atoms with E-state index in [0.717, 1.165) is 0 Å². The lowest BCUT2D eigenvalue weighted by molar-refractivity contribution is 0.0980. The monoisotopic (exact) mass is 218 g/mol. The molecular formula is C12H10O4. The molecule has 4 nitrogen and oxygen atoms in total. The van der Waals surface area contributed by atoms with Crippen LogP contribution >= 0.6 is 0 Å². The van der Waals surface area contributed by atoms with Crippen molar-refractivity contribution in [3.63, 3.8) is 0 Å². The van der Waals surface area contributed by atoms with Crippen molar-refractivity contribution in [3.8, 4) is 0 Å². The predicted octanol–water partition coefficient (Wildman–Crippen LogP) is 2.35. The molecule has 0 bridgehead atoms. The Morgan fingerprint density at radius 1 is 1.00 bits per heavy atom. The molecule has 1 aromatic carbocycles. The summed E-state index contributed by atoms with van der Waals surface area (Å²) in [4.78, 5) is 22.8. The molecule has 16 heavy (non-hydrogen) atoms. The van der Waals surface area contributed by atoms with Crippen LogP contribution in [0.4, 0.5) is 0 Å². The van der Waals surface area contributed by atoms with Crippen molar-refractivity contribution in [2.24, 2.45) is 0 Å². The zero-order chi connectivity index (χ0) is 12.0. The summed E-state index contributed by atoms with van der Waals surface area (Å²) in [5.41, 5.74) is 1.14. The van der Waals surface area contributed by atoms with Crippen LogP contribution in [0.15, 0.2) is 12.1 Å². The molecule has 2 N–H and O–H groups in total. The average Bonchev–Trinajstić information content (AvgIpc) is 2.25. The highest BCUT2D eigenvalue weighted by Crippen LogP contribution is 2.40. The van der Waals surface area contributed by atoms with Gasteiger partial charge in [-0.3, -0.25) is 9.59 Å². The number of rotatable bonds is 2. The maximum absolute atomic E-state index is 11.5. The van der Waals surface area contributed by atoms with Crippen LogP contribution in [0.3, 0.4) is 0 Å². The van der Waals surface area contributed by atoms with Crippen molar-refractivity contribution >= 4 is 23.1 Å². The minimum atomic E-state index is -0.316. The standard InChI is InChI=1S/C12H10O4/c1-5(13)7-3-4-8-10(9(7)6(2)14)12(16)11(8)15/h3-4,15-16H,1-2H3. The molecule has 0 amide bonds. The highest BCUT2D eigenvalue weighted by Gasteiger charge is 2.32. The number of aliphatic hydroxyl groups excluding tert-OH is 2. The number of Topliss-reactive ketones (excluding diaryl/α,β-unsaturated/α-hetero) is 2. The van der Waals surface area contributed by atoms with E-state index in [9.17, 15) is 19.8 Å². The van der Waals surface area contributed by atoms with E-state index in [1.165, 1.54) is 26.0 Å². The van der Waals surface area contributed by atoms with Gasteiger partial charge in [-0.25, -0.2) is 0 Å². The van der Waals surface area contributed by atoms with Gasteiger partial charge in [-0.05, 0) is 26.0 Å². The number of aliphatic hydroxyl groups is 2. The normalized spacial score (nSPS) is 13.1. The van der Waals surface area contributed by atoms with Crippen molar-refractivity contribution in [2.45, 2.75) is 13.8 Å². The first-order valence-electron chi connectivity index (χ1n) is 4.77. The van der Waals surface area contributed by atoms with E-state index in [1.807, 2.05) is 0 Å². The first-order chi connectivity index (χ1) is 7.45. The van der Waals surface area contributed by atoms with Gasteiger partial charge in [0.1, 0.15) is 0 Å². The number of fused-ring (bicyclic) bond motifs is 1. The van der Waals surface area contributed by atoms with Gasteiger partial charge in [0.05, 0.1) is 0 Å². The number of hydrogen-bond acceptors (Lipinski definition) is 4. The third kappa shape index (κ3) is 1.16. The van der Waals surface area contributed by atoms with Crippen molar-refractivity contribution < 1.29 is 19.8 Å². The van der Waals surface area contributed by atoms with Crippen LogP contribution in [-0.2, 0) is 0 Å². The van der Waals surface area contributed by atoms with Crippen LogP contribution in [0.1, 0.15) is 45.7 Å². The van der Waals surface area contributed by atoms with Gasteiger partial charge in [-0.15, -0.1) is 0 Å². The summed E-state index contributed by atoms with van der Waals surface area (Å²) in [6, 6.07) is 3.01. The summed E-state index contributed by atoms with van der Waals surface area (Å²) in [5, 5.41) is 18.8. The molecule has 0 radical (unpaired) electrons. The van der Waals surface area contributed by atoms with Crippen LogP contribution in [0.5, 0.6) is 0 Å². The summed E-state index contributed by atoms with van der Waals surface area (Å²) < 4.78 is 0. The van der Waals surface area contributed by atoms with Crippen LogP contribution in [0.25, 0.3) is 11.5 Å². The zero-order valence-electron chi connectivity index (χ0n) is 8.87. The lowest BCUT2D eigenvalue weighted by Gasteiger charge is -2.22. The first-order valence-corrected chi connectivity index (χ1v) is 4.77. The minimum Gasteiger partial charge on any atom is -0.504 e. The number of ketones is 2.